The summed E-state index contributed by atoms with van der Waals surface area (Å²) < 4.78 is 5.05. The third-order valence-electron chi connectivity index (χ3n) is 3.69. The Hall–Kier alpha value is -2.33. The lowest BCUT2D eigenvalue weighted by molar-refractivity contribution is -0.148. The number of rotatable bonds is 6. The quantitative estimate of drug-likeness (QED) is 0.814. The van der Waals surface area contributed by atoms with E-state index in [1.807, 2.05) is 50.2 Å². The number of aryl methyl sites for hydroxylation is 1. The number of carbonyl (C=O) groups excluding carboxylic acids is 2. The van der Waals surface area contributed by atoms with Crippen LogP contribution in [0.1, 0.15) is 29.7 Å². The van der Waals surface area contributed by atoms with E-state index in [-0.39, 0.29) is 25.0 Å². The van der Waals surface area contributed by atoms with E-state index in [9.17, 15) is 9.59 Å². The third kappa shape index (κ3) is 5.39. The second-order valence-electron chi connectivity index (χ2n) is 5.61. The first-order valence-electron chi connectivity index (χ1n) is 7.70. The number of halogens is 1. The lowest BCUT2D eigenvalue weighted by Gasteiger charge is -2.14. The minimum Gasteiger partial charge on any atom is -0.455 e. The first-order chi connectivity index (χ1) is 11.5. The molecule has 1 amide bonds. The van der Waals surface area contributed by atoms with E-state index in [4.69, 9.17) is 16.3 Å². The molecule has 1 atom stereocenters. The normalized spacial score (nSPS) is 11.6. The Balaban J connectivity index is 1.80. The van der Waals surface area contributed by atoms with Crippen LogP contribution in [0, 0.1) is 6.92 Å². The maximum atomic E-state index is 11.9. The molecule has 24 heavy (non-hydrogen) atoms. The van der Waals surface area contributed by atoms with Gasteiger partial charge in [-0.3, -0.25) is 9.59 Å². The molecule has 0 spiro atoms. The fourth-order valence-corrected chi connectivity index (χ4v) is 2.50. The first-order valence-corrected chi connectivity index (χ1v) is 8.08. The van der Waals surface area contributed by atoms with Crippen molar-refractivity contribution < 1.29 is 14.3 Å². The number of hydrogen-bond donors (Lipinski definition) is 1. The van der Waals surface area contributed by atoms with Gasteiger partial charge in [-0.2, -0.15) is 0 Å². The topological polar surface area (TPSA) is 55.4 Å². The van der Waals surface area contributed by atoms with Crippen molar-refractivity contribution in [1.29, 1.82) is 0 Å². The van der Waals surface area contributed by atoms with Gasteiger partial charge in [0.25, 0.3) is 5.91 Å². The third-order valence-corrected chi connectivity index (χ3v) is 3.92. The molecular formula is C19H20ClNO3. The Labute approximate surface area is 146 Å². The molecule has 0 fully saturated rings. The number of nitrogens with one attached hydrogen (secondary N) is 1. The van der Waals surface area contributed by atoms with Crippen LogP contribution in [0.3, 0.4) is 0 Å². The summed E-state index contributed by atoms with van der Waals surface area (Å²) in [6.07, 6.45) is 0.157. The van der Waals surface area contributed by atoms with Crippen molar-refractivity contribution >= 4 is 23.5 Å². The molecule has 0 aromatic heterocycles. The molecule has 2 rings (SSSR count). The highest BCUT2D eigenvalue weighted by atomic mass is 35.5. The van der Waals surface area contributed by atoms with Crippen LogP contribution < -0.4 is 5.32 Å². The molecule has 126 valence electrons. The molecule has 1 N–H and O–H groups in total. The fraction of sp³-hybridized carbons (Fsp3) is 0.263. The van der Waals surface area contributed by atoms with Crippen molar-refractivity contribution in [2.75, 3.05) is 6.61 Å². The van der Waals surface area contributed by atoms with Crippen molar-refractivity contribution in [3.63, 3.8) is 0 Å². The smallest absolute Gasteiger partial charge is 0.310 e. The molecule has 0 aliphatic rings. The highest BCUT2D eigenvalue weighted by Gasteiger charge is 2.13. The van der Waals surface area contributed by atoms with Gasteiger partial charge in [0, 0.05) is 5.02 Å². The average Bonchev–Trinajstić information content (AvgIpc) is 2.55. The van der Waals surface area contributed by atoms with Gasteiger partial charge in [0.1, 0.15) is 0 Å². The summed E-state index contributed by atoms with van der Waals surface area (Å²) in [5.41, 5.74) is 2.81. The van der Waals surface area contributed by atoms with Gasteiger partial charge in [-0.1, -0.05) is 48.0 Å². The zero-order chi connectivity index (χ0) is 17.5. The summed E-state index contributed by atoms with van der Waals surface area (Å²) in [4.78, 5) is 23.8. The van der Waals surface area contributed by atoms with E-state index >= 15 is 0 Å². The van der Waals surface area contributed by atoms with Crippen LogP contribution in [0.5, 0.6) is 0 Å². The summed E-state index contributed by atoms with van der Waals surface area (Å²) in [5.74, 6) is -0.768. The SMILES string of the molecule is Cc1ccccc1CC(=O)OCC(=O)N[C@@H](C)c1cccc(Cl)c1. The van der Waals surface area contributed by atoms with Gasteiger partial charge in [-0.05, 0) is 42.7 Å². The van der Waals surface area contributed by atoms with Crippen LogP contribution in [0.15, 0.2) is 48.5 Å². The molecule has 0 saturated heterocycles. The van der Waals surface area contributed by atoms with Gasteiger partial charge in [0.15, 0.2) is 6.61 Å². The molecule has 0 radical (unpaired) electrons. The molecule has 4 nitrogen and oxygen atoms in total. The van der Waals surface area contributed by atoms with E-state index in [2.05, 4.69) is 5.32 Å². The van der Waals surface area contributed by atoms with Gasteiger partial charge in [-0.25, -0.2) is 0 Å². The molecular weight excluding hydrogens is 326 g/mol. The summed E-state index contributed by atoms with van der Waals surface area (Å²) in [5, 5.41) is 3.39. The van der Waals surface area contributed by atoms with E-state index in [0.717, 1.165) is 16.7 Å². The zero-order valence-corrected chi connectivity index (χ0v) is 14.5. The number of esters is 1. The second kappa shape index (κ2) is 8.50. The van der Waals surface area contributed by atoms with Gasteiger partial charge < -0.3 is 10.1 Å². The van der Waals surface area contributed by atoms with Crippen molar-refractivity contribution in [1.82, 2.24) is 5.32 Å². The van der Waals surface area contributed by atoms with E-state index in [1.54, 1.807) is 12.1 Å². The lowest BCUT2D eigenvalue weighted by atomic mass is 10.1. The maximum absolute atomic E-state index is 11.9. The standard InChI is InChI=1S/C19H20ClNO3/c1-13-6-3-4-7-15(13)11-19(23)24-12-18(22)21-14(2)16-8-5-9-17(20)10-16/h3-10,14H,11-12H2,1-2H3,(H,21,22)/t14-/m0/s1. The Morgan fingerprint density at radius 2 is 1.92 bits per heavy atom. The highest BCUT2D eigenvalue weighted by molar-refractivity contribution is 6.30. The van der Waals surface area contributed by atoms with Gasteiger partial charge >= 0.3 is 5.97 Å². The van der Waals surface area contributed by atoms with Crippen molar-refractivity contribution in [2.45, 2.75) is 26.3 Å². The Bertz CT molecular complexity index is 730. The van der Waals surface area contributed by atoms with Crippen LogP contribution in [-0.2, 0) is 20.7 Å². The molecule has 0 aliphatic carbocycles. The summed E-state index contributed by atoms with van der Waals surface area (Å²) >= 11 is 5.94. The number of hydrogen-bond acceptors (Lipinski definition) is 3. The minimum absolute atomic E-state index is 0.157. The van der Waals surface area contributed by atoms with Crippen molar-refractivity contribution in [3.05, 3.63) is 70.2 Å². The van der Waals surface area contributed by atoms with Crippen LogP contribution in [-0.4, -0.2) is 18.5 Å². The van der Waals surface area contributed by atoms with Gasteiger partial charge in [-0.15, -0.1) is 0 Å². The molecule has 0 bridgehead atoms. The van der Waals surface area contributed by atoms with Crippen molar-refractivity contribution in [3.8, 4) is 0 Å². The Morgan fingerprint density at radius 3 is 2.62 bits per heavy atom. The lowest BCUT2D eigenvalue weighted by Crippen LogP contribution is -2.31. The molecule has 0 heterocycles. The van der Waals surface area contributed by atoms with Gasteiger partial charge in [0.2, 0.25) is 0 Å². The molecule has 5 heteroatoms. The minimum atomic E-state index is -0.421. The summed E-state index contributed by atoms with van der Waals surface area (Å²) in [7, 11) is 0. The maximum Gasteiger partial charge on any atom is 0.310 e. The summed E-state index contributed by atoms with van der Waals surface area (Å²) in [6, 6.07) is 14.6. The molecule has 0 unspecified atom stereocenters. The summed E-state index contributed by atoms with van der Waals surface area (Å²) in [6.45, 7) is 3.48. The van der Waals surface area contributed by atoms with Crippen LogP contribution in [0.2, 0.25) is 5.02 Å². The first kappa shape index (κ1) is 18.0. The Morgan fingerprint density at radius 1 is 1.17 bits per heavy atom. The van der Waals surface area contributed by atoms with Crippen LogP contribution in [0.4, 0.5) is 0 Å². The van der Waals surface area contributed by atoms with Crippen molar-refractivity contribution in [2.24, 2.45) is 0 Å². The van der Waals surface area contributed by atoms with Crippen LogP contribution in [0.25, 0.3) is 0 Å². The highest BCUT2D eigenvalue weighted by Crippen LogP contribution is 2.17. The number of carbonyl (C=O) groups is 2. The molecule has 0 aliphatic heterocycles. The average molecular weight is 346 g/mol. The number of benzene rings is 2. The van der Waals surface area contributed by atoms with Gasteiger partial charge in [0.05, 0.1) is 12.5 Å². The predicted molar refractivity (Wildman–Crippen MR) is 93.9 cm³/mol. The number of amides is 1. The molecule has 0 saturated carbocycles. The van der Waals surface area contributed by atoms with E-state index in [0.29, 0.717) is 5.02 Å². The monoisotopic (exact) mass is 345 g/mol. The second-order valence-corrected chi connectivity index (χ2v) is 6.04. The zero-order valence-electron chi connectivity index (χ0n) is 13.7. The van der Waals surface area contributed by atoms with E-state index in [1.165, 1.54) is 0 Å². The predicted octanol–water partition coefficient (Wildman–Crippen LogP) is 3.61. The van der Waals surface area contributed by atoms with Crippen LogP contribution >= 0.6 is 11.6 Å². The molecule has 2 aromatic rings. The van der Waals surface area contributed by atoms with E-state index < -0.39 is 5.97 Å². The fourth-order valence-electron chi connectivity index (χ4n) is 2.30. The largest absolute Gasteiger partial charge is 0.455 e. The number of ether oxygens (including phenoxy) is 1. The Kier molecular flexibility index (Phi) is 6.38. The molecule has 2 aromatic carbocycles.